The first-order chi connectivity index (χ1) is 13.1. The van der Waals surface area contributed by atoms with Crippen molar-refractivity contribution in [2.24, 2.45) is 0 Å². The van der Waals surface area contributed by atoms with Gasteiger partial charge < -0.3 is 25.4 Å². The van der Waals surface area contributed by atoms with E-state index in [1.54, 1.807) is 7.11 Å². The van der Waals surface area contributed by atoms with E-state index in [2.05, 4.69) is 16.0 Å². The number of urea groups is 1. The molecule has 2 amide bonds. The number of methoxy groups -OCH3 is 2. The molecule has 146 valence electrons. The molecule has 0 aromatic heterocycles. The summed E-state index contributed by atoms with van der Waals surface area (Å²) in [5.41, 5.74) is 1.73. The number of hydrogen-bond donors (Lipinski definition) is 3. The maximum Gasteiger partial charge on any atom is 0.338 e. The Balaban J connectivity index is 1.90. The summed E-state index contributed by atoms with van der Waals surface area (Å²) < 4.78 is 10.3. The third-order valence-corrected chi connectivity index (χ3v) is 5.16. The molecule has 3 rings (SSSR count). The van der Waals surface area contributed by atoms with Gasteiger partial charge in [0, 0.05) is 18.3 Å². The quantitative estimate of drug-likeness (QED) is 0.667. The van der Waals surface area contributed by atoms with Gasteiger partial charge in [0.25, 0.3) is 0 Å². The van der Waals surface area contributed by atoms with Gasteiger partial charge in [-0.3, -0.25) is 0 Å². The highest BCUT2D eigenvalue weighted by molar-refractivity contribution is 5.95. The van der Waals surface area contributed by atoms with Gasteiger partial charge in [-0.1, -0.05) is 31.4 Å². The van der Waals surface area contributed by atoms with Crippen LogP contribution < -0.4 is 20.7 Å². The Morgan fingerprint density at radius 2 is 2.00 bits per heavy atom. The smallest absolute Gasteiger partial charge is 0.338 e. The van der Waals surface area contributed by atoms with Crippen LogP contribution in [0.4, 0.5) is 4.79 Å². The molecule has 1 atom stereocenters. The van der Waals surface area contributed by atoms with E-state index in [9.17, 15) is 9.59 Å². The molecule has 0 radical (unpaired) electrons. The van der Waals surface area contributed by atoms with Gasteiger partial charge in [-0.15, -0.1) is 0 Å². The number of esters is 1. The number of amides is 2. The van der Waals surface area contributed by atoms with E-state index in [1.165, 1.54) is 26.4 Å². The Morgan fingerprint density at radius 3 is 2.70 bits per heavy atom. The number of nitrogens with one attached hydrogen (secondary N) is 3. The molecule has 1 saturated carbocycles. The molecule has 0 spiro atoms. The molecule has 1 aromatic carbocycles. The second kappa shape index (κ2) is 8.90. The molecule has 7 nitrogen and oxygen atoms in total. The average molecular weight is 373 g/mol. The van der Waals surface area contributed by atoms with Crippen molar-refractivity contribution in [3.05, 3.63) is 41.1 Å². The monoisotopic (exact) mass is 373 g/mol. The van der Waals surface area contributed by atoms with E-state index in [0.29, 0.717) is 29.6 Å². The largest absolute Gasteiger partial charge is 0.497 e. The summed E-state index contributed by atoms with van der Waals surface area (Å²) in [5.74, 6) is 0.196. The summed E-state index contributed by atoms with van der Waals surface area (Å²) in [6.45, 7) is 0.420. The van der Waals surface area contributed by atoms with Crippen molar-refractivity contribution < 1.29 is 19.1 Å². The molecule has 3 N–H and O–H groups in total. The molecule has 1 aliphatic carbocycles. The zero-order chi connectivity index (χ0) is 19.2. The van der Waals surface area contributed by atoms with Crippen molar-refractivity contribution in [3.8, 4) is 5.75 Å². The molecular weight excluding hydrogens is 346 g/mol. The number of ether oxygens (including phenoxy) is 2. The number of carbonyl (C=O) groups is 2. The molecule has 1 heterocycles. The highest BCUT2D eigenvalue weighted by Crippen LogP contribution is 2.29. The van der Waals surface area contributed by atoms with E-state index < -0.39 is 12.0 Å². The summed E-state index contributed by atoms with van der Waals surface area (Å²) in [7, 11) is 2.93. The first-order valence-corrected chi connectivity index (χ1v) is 9.38. The molecular formula is C20H27N3O4. The zero-order valence-electron chi connectivity index (χ0n) is 15.8. The van der Waals surface area contributed by atoms with Crippen LogP contribution in [0.1, 0.15) is 43.7 Å². The third kappa shape index (κ3) is 4.60. The lowest BCUT2D eigenvalue weighted by Crippen LogP contribution is -2.48. The molecule has 27 heavy (non-hydrogen) atoms. The van der Waals surface area contributed by atoms with Gasteiger partial charge in [0.2, 0.25) is 0 Å². The Kier molecular flexibility index (Phi) is 6.34. The predicted octanol–water partition coefficient (Wildman–Crippen LogP) is 2.40. The van der Waals surface area contributed by atoms with Gasteiger partial charge in [0.05, 0.1) is 25.8 Å². The Labute approximate surface area is 159 Å². The van der Waals surface area contributed by atoms with Crippen LogP contribution >= 0.6 is 0 Å². The number of rotatable bonds is 6. The number of benzene rings is 1. The second-order valence-electron chi connectivity index (χ2n) is 6.91. The fourth-order valence-electron chi connectivity index (χ4n) is 3.73. The van der Waals surface area contributed by atoms with E-state index in [0.717, 1.165) is 18.4 Å². The standard InChI is InChI=1S/C20H27N3O4/c1-26-15-10-6-7-13(11-15)18-17(19(24)27-2)16(22-20(25)23-18)12-21-14-8-4-3-5-9-14/h6-7,10-11,14,18,21H,3-5,8-9,12H2,1-2H3,(H2,22,23,25). The molecule has 0 saturated heterocycles. The van der Waals surface area contributed by atoms with E-state index in [-0.39, 0.29) is 6.03 Å². The molecule has 7 heteroatoms. The fourth-order valence-corrected chi connectivity index (χ4v) is 3.73. The van der Waals surface area contributed by atoms with Gasteiger partial charge in [-0.2, -0.15) is 0 Å². The van der Waals surface area contributed by atoms with Crippen molar-refractivity contribution in [1.29, 1.82) is 0 Å². The SMILES string of the molecule is COC(=O)C1=C(CNC2CCCCC2)NC(=O)NC1c1cccc(OC)c1. The molecule has 1 aromatic rings. The highest BCUT2D eigenvalue weighted by atomic mass is 16.5. The molecule has 1 fully saturated rings. The predicted molar refractivity (Wildman–Crippen MR) is 101 cm³/mol. The summed E-state index contributed by atoms with van der Waals surface area (Å²) >= 11 is 0. The van der Waals surface area contributed by atoms with Gasteiger partial charge >= 0.3 is 12.0 Å². The lowest BCUT2D eigenvalue weighted by molar-refractivity contribution is -0.136. The Morgan fingerprint density at radius 1 is 1.22 bits per heavy atom. The minimum Gasteiger partial charge on any atom is -0.497 e. The van der Waals surface area contributed by atoms with Crippen molar-refractivity contribution in [2.45, 2.75) is 44.2 Å². The second-order valence-corrected chi connectivity index (χ2v) is 6.91. The van der Waals surface area contributed by atoms with Crippen LogP contribution in [0.25, 0.3) is 0 Å². The van der Waals surface area contributed by atoms with Gasteiger partial charge in [-0.05, 0) is 30.5 Å². The van der Waals surface area contributed by atoms with Crippen LogP contribution in [0.2, 0.25) is 0 Å². The van der Waals surface area contributed by atoms with Gasteiger partial charge in [0.15, 0.2) is 0 Å². The zero-order valence-corrected chi connectivity index (χ0v) is 15.8. The van der Waals surface area contributed by atoms with Crippen molar-refractivity contribution >= 4 is 12.0 Å². The van der Waals surface area contributed by atoms with Crippen molar-refractivity contribution in [2.75, 3.05) is 20.8 Å². The number of carbonyl (C=O) groups excluding carboxylic acids is 2. The van der Waals surface area contributed by atoms with E-state index in [4.69, 9.17) is 9.47 Å². The minimum atomic E-state index is -0.593. The Hall–Kier alpha value is -2.54. The summed E-state index contributed by atoms with van der Waals surface area (Å²) in [5, 5.41) is 9.09. The lowest BCUT2D eigenvalue weighted by atomic mass is 9.93. The maximum absolute atomic E-state index is 12.5. The average Bonchev–Trinajstić information content (AvgIpc) is 2.72. The van der Waals surface area contributed by atoms with Crippen LogP contribution in [0.3, 0.4) is 0 Å². The van der Waals surface area contributed by atoms with Crippen LogP contribution in [-0.2, 0) is 9.53 Å². The van der Waals surface area contributed by atoms with Crippen LogP contribution in [0.5, 0.6) is 5.75 Å². The minimum absolute atomic E-state index is 0.337. The molecule has 2 aliphatic rings. The Bertz CT molecular complexity index is 726. The van der Waals surface area contributed by atoms with Crippen LogP contribution in [0, 0.1) is 0 Å². The van der Waals surface area contributed by atoms with Crippen LogP contribution in [-0.4, -0.2) is 38.8 Å². The number of hydrogen-bond acceptors (Lipinski definition) is 5. The van der Waals surface area contributed by atoms with E-state index in [1.807, 2.05) is 24.3 Å². The highest BCUT2D eigenvalue weighted by Gasteiger charge is 2.33. The fraction of sp³-hybridized carbons (Fsp3) is 0.500. The van der Waals surface area contributed by atoms with E-state index >= 15 is 0 Å². The first-order valence-electron chi connectivity index (χ1n) is 9.38. The maximum atomic E-state index is 12.5. The van der Waals surface area contributed by atoms with Gasteiger partial charge in [-0.25, -0.2) is 9.59 Å². The molecule has 1 aliphatic heterocycles. The lowest BCUT2D eigenvalue weighted by Gasteiger charge is -2.31. The van der Waals surface area contributed by atoms with Gasteiger partial charge in [0.1, 0.15) is 5.75 Å². The summed E-state index contributed by atoms with van der Waals surface area (Å²) in [6, 6.07) is 6.79. The topological polar surface area (TPSA) is 88.7 Å². The summed E-state index contributed by atoms with van der Waals surface area (Å²) in [6.07, 6.45) is 5.92. The molecule has 0 bridgehead atoms. The van der Waals surface area contributed by atoms with Crippen LogP contribution in [0.15, 0.2) is 35.5 Å². The third-order valence-electron chi connectivity index (χ3n) is 5.16. The normalized spacial score (nSPS) is 20.7. The summed E-state index contributed by atoms with van der Waals surface area (Å²) in [4.78, 5) is 24.8. The molecule has 1 unspecified atom stereocenters. The van der Waals surface area contributed by atoms with Crippen molar-refractivity contribution in [3.63, 3.8) is 0 Å². The van der Waals surface area contributed by atoms with Crippen molar-refractivity contribution in [1.82, 2.24) is 16.0 Å². The first kappa shape index (κ1) is 19.2.